The van der Waals surface area contributed by atoms with Crippen LogP contribution in [0.4, 0.5) is 0 Å². The molecule has 1 unspecified atom stereocenters. The van der Waals surface area contributed by atoms with Crippen LogP contribution in [-0.4, -0.2) is 53.3 Å². The van der Waals surface area contributed by atoms with Crippen molar-refractivity contribution in [2.24, 2.45) is 5.92 Å². The molecule has 1 aliphatic heterocycles. The monoisotopic (exact) mass is 267 g/mol. The van der Waals surface area contributed by atoms with E-state index in [1.807, 2.05) is 30.3 Å². The van der Waals surface area contributed by atoms with Crippen molar-refractivity contribution >= 4 is 0 Å². The van der Waals surface area contributed by atoms with Crippen molar-refractivity contribution in [1.29, 1.82) is 0 Å². The minimum atomic E-state index is -0.832. The van der Waals surface area contributed by atoms with Crippen LogP contribution < -0.4 is 10.1 Å². The number of ether oxygens (including phenoxy) is 1. The van der Waals surface area contributed by atoms with Crippen molar-refractivity contribution in [2.45, 2.75) is 24.7 Å². The van der Waals surface area contributed by atoms with Crippen LogP contribution >= 0.6 is 0 Å². The van der Waals surface area contributed by atoms with E-state index in [0.29, 0.717) is 25.3 Å². The summed E-state index contributed by atoms with van der Waals surface area (Å²) in [6.45, 7) is 0.932. The van der Waals surface area contributed by atoms with E-state index < -0.39 is 12.2 Å². The molecule has 4 atom stereocenters. The quantitative estimate of drug-likeness (QED) is 0.592. The molecule has 2 rings (SSSR count). The molecule has 5 heteroatoms. The number of benzene rings is 1. The molecule has 1 heterocycles. The van der Waals surface area contributed by atoms with E-state index >= 15 is 0 Å². The summed E-state index contributed by atoms with van der Waals surface area (Å²) in [4.78, 5) is 0. The third-order valence-corrected chi connectivity index (χ3v) is 3.49. The fourth-order valence-corrected chi connectivity index (χ4v) is 2.44. The van der Waals surface area contributed by atoms with E-state index in [1.54, 1.807) is 0 Å². The summed E-state index contributed by atoms with van der Waals surface area (Å²) >= 11 is 0. The lowest BCUT2D eigenvalue weighted by molar-refractivity contribution is -0.0713. The Bertz CT molecular complexity index is 373. The van der Waals surface area contributed by atoms with E-state index in [2.05, 4.69) is 5.32 Å². The van der Waals surface area contributed by atoms with Crippen molar-refractivity contribution in [3.63, 3.8) is 0 Å². The number of para-hydroxylation sites is 1. The first-order chi connectivity index (χ1) is 9.22. The Morgan fingerprint density at radius 2 is 1.95 bits per heavy atom. The lowest BCUT2D eigenvalue weighted by Crippen LogP contribution is -2.55. The predicted octanol–water partition coefficient (Wildman–Crippen LogP) is -0.242. The van der Waals surface area contributed by atoms with Crippen LogP contribution in [0, 0.1) is 5.92 Å². The van der Waals surface area contributed by atoms with Gasteiger partial charge >= 0.3 is 0 Å². The summed E-state index contributed by atoms with van der Waals surface area (Å²) in [6, 6.07) is 9.31. The van der Waals surface area contributed by atoms with E-state index in [1.165, 1.54) is 0 Å². The Morgan fingerprint density at radius 1 is 1.21 bits per heavy atom. The van der Waals surface area contributed by atoms with Gasteiger partial charge in [-0.3, -0.25) is 0 Å². The molecule has 5 nitrogen and oxygen atoms in total. The topological polar surface area (TPSA) is 82.0 Å². The molecule has 0 amide bonds. The summed E-state index contributed by atoms with van der Waals surface area (Å²) < 4.78 is 5.84. The molecule has 0 bridgehead atoms. The van der Waals surface area contributed by atoms with Gasteiger partial charge in [-0.05, 0) is 12.1 Å². The van der Waals surface area contributed by atoms with Crippen LogP contribution in [-0.2, 0) is 0 Å². The molecule has 106 valence electrons. The van der Waals surface area contributed by atoms with Crippen molar-refractivity contribution in [3.05, 3.63) is 30.3 Å². The smallest absolute Gasteiger partial charge is 0.119 e. The molecular weight excluding hydrogens is 246 g/mol. The Hall–Kier alpha value is -1.14. The number of rotatable bonds is 5. The first kappa shape index (κ1) is 14.3. The van der Waals surface area contributed by atoms with Crippen molar-refractivity contribution in [2.75, 3.05) is 19.7 Å². The van der Waals surface area contributed by atoms with E-state index in [-0.39, 0.29) is 18.6 Å². The first-order valence-electron chi connectivity index (χ1n) is 6.61. The third kappa shape index (κ3) is 3.67. The van der Waals surface area contributed by atoms with Crippen LogP contribution in [0.25, 0.3) is 0 Å². The molecule has 0 aliphatic carbocycles. The number of piperidine rings is 1. The predicted molar refractivity (Wildman–Crippen MR) is 70.9 cm³/mol. The van der Waals surface area contributed by atoms with Gasteiger partial charge < -0.3 is 25.4 Å². The van der Waals surface area contributed by atoms with Crippen molar-refractivity contribution < 1.29 is 20.1 Å². The number of β-amino-alcohol motifs (C(OH)–C–C–N with tert-alkyl or cyclic N) is 1. The highest BCUT2D eigenvalue weighted by Crippen LogP contribution is 2.23. The molecular formula is C14H21NO4. The summed E-state index contributed by atoms with van der Waals surface area (Å²) in [5.41, 5.74) is 0. The average Bonchev–Trinajstić information content (AvgIpc) is 2.43. The largest absolute Gasteiger partial charge is 0.490 e. The summed E-state index contributed by atoms with van der Waals surface area (Å²) in [6.07, 6.45) is -1.53. The highest BCUT2D eigenvalue weighted by molar-refractivity contribution is 5.21. The molecule has 4 N–H and O–H groups in total. The number of aliphatic hydroxyl groups excluding tert-OH is 3. The normalized spacial score (nSPS) is 28.9. The van der Waals surface area contributed by atoms with Gasteiger partial charge in [0, 0.05) is 32.0 Å². The van der Waals surface area contributed by atoms with Gasteiger partial charge in [0.25, 0.3) is 0 Å². The van der Waals surface area contributed by atoms with Gasteiger partial charge in [0.15, 0.2) is 0 Å². The zero-order chi connectivity index (χ0) is 13.7. The second-order valence-electron chi connectivity index (χ2n) is 4.86. The van der Waals surface area contributed by atoms with Gasteiger partial charge in [-0.2, -0.15) is 0 Å². The lowest BCUT2D eigenvalue weighted by Gasteiger charge is -2.37. The summed E-state index contributed by atoms with van der Waals surface area (Å²) in [5, 5.41) is 32.0. The van der Waals surface area contributed by atoms with Gasteiger partial charge in [0.1, 0.15) is 11.9 Å². The number of nitrogens with one attached hydrogen (secondary N) is 1. The molecule has 0 aromatic heterocycles. The summed E-state index contributed by atoms with van der Waals surface area (Å²) in [7, 11) is 0. The molecule has 0 spiro atoms. The van der Waals surface area contributed by atoms with Gasteiger partial charge in [-0.25, -0.2) is 0 Å². The van der Waals surface area contributed by atoms with Crippen LogP contribution in [0.1, 0.15) is 6.42 Å². The Kier molecular flexibility index (Phi) is 5.15. The number of aliphatic hydroxyl groups is 3. The number of hydrogen-bond acceptors (Lipinski definition) is 5. The zero-order valence-corrected chi connectivity index (χ0v) is 10.8. The Morgan fingerprint density at radius 3 is 2.63 bits per heavy atom. The second kappa shape index (κ2) is 6.86. The lowest BCUT2D eigenvalue weighted by atomic mass is 9.87. The van der Waals surface area contributed by atoms with E-state index in [9.17, 15) is 10.2 Å². The minimum Gasteiger partial charge on any atom is -0.490 e. The maximum atomic E-state index is 10.1. The Labute approximate surface area is 112 Å². The Balaban J connectivity index is 2.06. The van der Waals surface area contributed by atoms with Gasteiger partial charge in [0.2, 0.25) is 0 Å². The van der Waals surface area contributed by atoms with Gasteiger partial charge in [0.05, 0.1) is 12.2 Å². The molecule has 1 aromatic carbocycles. The first-order valence-corrected chi connectivity index (χ1v) is 6.61. The number of hydrogen-bond donors (Lipinski definition) is 4. The minimum absolute atomic E-state index is 0.0170. The maximum absolute atomic E-state index is 10.1. The SMILES string of the molecule is OCCC(Oc1ccccc1)[C@H]1CNC[C@H](O)[C@H]1O. The molecule has 1 aromatic rings. The van der Waals surface area contributed by atoms with Gasteiger partial charge in [-0.1, -0.05) is 18.2 Å². The highest BCUT2D eigenvalue weighted by Gasteiger charge is 2.36. The third-order valence-electron chi connectivity index (χ3n) is 3.49. The molecule has 0 saturated carbocycles. The second-order valence-corrected chi connectivity index (χ2v) is 4.86. The zero-order valence-electron chi connectivity index (χ0n) is 10.8. The fraction of sp³-hybridized carbons (Fsp3) is 0.571. The standard InChI is InChI=1S/C14H21NO4/c16-7-6-13(19-10-4-2-1-3-5-10)11-8-15-9-12(17)14(11)18/h1-5,11-18H,6-9H2/t11-,12+,13?,14+/m1/s1. The van der Waals surface area contributed by atoms with Crippen LogP contribution in [0.15, 0.2) is 30.3 Å². The molecule has 1 saturated heterocycles. The highest BCUT2D eigenvalue weighted by atomic mass is 16.5. The fourth-order valence-electron chi connectivity index (χ4n) is 2.44. The van der Waals surface area contributed by atoms with Crippen LogP contribution in [0.2, 0.25) is 0 Å². The van der Waals surface area contributed by atoms with Gasteiger partial charge in [-0.15, -0.1) is 0 Å². The van der Waals surface area contributed by atoms with Crippen LogP contribution in [0.3, 0.4) is 0 Å². The van der Waals surface area contributed by atoms with Crippen molar-refractivity contribution in [3.8, 4) is 5.75 Å². The molecule has 0 radical (unpaired) electrons. The van der Waals surface area contributed by atoms with Crippen molar-refractivity contribution in [1.82, 2.24) is 5.32 Å². The summed E-state index contributed by atoms with van der Waals surface area (Å²) in [5.74, 6) is 0.462. The van der Waals surface area contributed by atoms with Crippen LogP contribution in [0.5, 0.6) is 5.75 Å². The van der Waals surface area contributed by atoms with E-state index in [4.69, 9.17) is 9.84 Å². The molecule has 1 aliphatic rings. The van der Waals surface area contributed by atoms with E-state index in [0.717, 1.165) is 0 Å². The molecule has 1 fully saturated rings. The molecule has 19 heavy (non-hydrogen) atoms. The maximum Gasteiger partial charge on any atom is 0.119 e. The average molecular weight is 267 g/mol.